The fraction of sp³-hybridized carbons (Fsp3) is 0.333. The minimum Gasteiger partial charge on any atom is -0.493 e. The summed E-state index contributed by atoms with van der Waals surface area (Å²) in [5.74, 6) is 1.04. The summed E-state index contributed by atoms with van der Waals surface area (Å²) in [7, 11) is 1.57. The molecule has 2 aromatic rings. The average Bonchev–Trinajstić information content (AvgIpc) is 2.71. The fourth-order valence-electron chi connectivity index (χ4n) is 2.67. The minimum atomic E-state index is -0.333. The number of carbonyl (C=O) groups excluding carboxylic acids is 2. The maximum Gasteiger partial charge on any atom is 0.253 e. The zero-order chi connectivity index (χ0) is 22.1. The smallest absolute Gasteiger partial charge is 0.253 e. The van der Waals surface area contributed by atoms with Crippen LogP contribution in [0.4, 0.5) is 5.69 Å². The van der Waals surface area contributed by atoms with E-state index in [0.29, 0.717) is 35.2 Å². The lowest BCUT2D eigenvalue weighted by molar-refractivity contribution is -0.111. The number of nitrogens with one attached hydrogen (secondary N) is 2. The van der Waals surface area contributed by atoms with Crippen LogP contribution in [0.15, 0.2) is 48.5 Å². The van der Waals surface area contributed by atoms with Gasteiger partial charge in [-0.05, 0) is 55.7 Å². The largest absolute Gasteiger partial charge is 0.493 e. The molecule has 0 fully saturated rings. The summed E-state index contributed by atoms with van der Waals surface area (Å²) < 4.78 is 11.1. The highest BCUT2D eigenvalue weighted by Crippen LogP contribution is 2.29. The Morgan fingerprint density at radius 2 is 1.77 bits per heavy atom. The van der Waals surface area contributed by atoms with Gasteiger partial charge in [0.15, 0.2) is 11.5 Å². The first-order valence-electron chi connectivity index (χ1n) is 10.0. The number of hydrogen-bond donors (Lipinski definition) is 2. The van der Waals surface area contributed by atoms with Crippen LogP contribution in [0.2, 0.25) is 0 Å². The quantitative estimate of drug-likeness (QED) is 0.596. The van der Waals surface area contributed by atoms with Gasteiger partial charge in [0.1, 0.15) is 0 Å². The summed E-state index contributed by atoms with van der Waals surface area (Å²) in [6, 6.07) is 12.4. The van der Waals surface area contributed by atoms with Gasteiger partial charge in [-0.15, -0.1) is 0 Å². The van der Waals surface area contributed by atoms with Crippen molar-refractivity contribution in [2.45, 2.75) is 33.8 Å². The van der Waals surface area contributed by atoms with Gasteiger partial charge < -0.3 is 20.1 Å². The molecule has 0 aliphatic heterocycles. The monoisotopic (exact) mass is 410 g/mol. The third-order valence-electron chi connectivity index (χ3n) is 4.08. The summed E-state index contributed by atoms with van der Waals surface area (Å²) in [5, 5.41) is 5.64. The van der Waals surface area contributed by atoms with E-state index in [1.807, 2.05) is 39.8 Å². The molecule has 2 aromatic carbocycles. The van der Waals surface area contributed by atoms with Crippen LogP contribution >= 0.6 is 0 Å². The molecule has 2 N–H and O–H groups in total. The van der Waals surface area contributed by atoms with Crippen molar-refractivity contribution in [3.63, 3.8) is 0 Å². The van der Waals surface area contributed by atoms with Crippen molar-refractivity contribution in [2.75, 3.05) is 19.0 Å². The van der Waals surface area contributed by atoms with Crippen LogP contribution in [0.1, 0.15) is 43.6 Å². The Labute approximate surface area is 178 Å². The Morgan fingerprint density at radius 1 is 1.03 bits per heavy atom. The number of benzene rings is 2. The van der Waals surface area contributed by atoms with E-state index in [9.17, 15) is 9.59 Å². The first-order chi connectivity index (χ1) is 14.3. The number of amides is 2. The van der Waals surface area contributed by atoms with Gasteiger partial charge in [0, 0.05) is 12.6 Å². The molecule has 2 amide bonds. The molecule has 0 bridgehead atoms. The van der Waals surface area contributed by atoms with Crippen molar-refractivity contribution in [1.82, 2.24) is 5.32 Å². The zero-order valence-corrected chi connectivity index (χ0v) is 18.2. The normalized spacial score (nSPS) is 11.0. The lowest BCUT2D eigenvalue weighted by Crippen LogP contribution is -2.28. The Bertz CT molecular complexity index is 904. The second-order valence-corrected chi connectivity index (χ2v) is 7.55. The molecule has 160 valence electrons. The number of ether oxygens (including phenoxy) is 2. The molecule has 6 nitrogen and oxygen atoms in total. The topological polar surface area (TPSA) is 76.7 Å². The minimum absolute atomic E-state index is 0.0314. The Kier molecular flexibility index (Phi) is 8.47. The summed E-state index contributed by atoms with van der Waals surface area (Å²) in [5.41, 5.74) is 1.68. The molecule has 0 aromatic heterocycles. The first-order valence-corrected chi connectivity index (χ1v) is 10.0. The molecule has 30 heavy (non-hydrogen) atoms. The fourth-order valence-corrected chi connectivity index (χ4v) is 2.67. The Balaban J connectivity index is 2.09. The van der Waals surface area contributed by atoms with Gasteiger partial charge in [0.2, 0.25) is 5.91 Å². The molecule has 0 unspecified atom stereocenters. The van der Waals surface area contributed by atoms with Gasteiger partial charge in [0.25, 0.3) is 5.91 Å². The van der Waals surface area contributed by atoms with Gasteiger partial charge >= 0.3 is 0 Å². The van der Waals surface area contributed by atoms with Crippen LogP contribution < -0.4 is 20.1 Å². The van der Waals surface area contributed by atoms with Gasteiger partial charge in [0.05, 0.1) is 24.5 Å². The SMILES string of the molecule is COc1cc(/C=C/C(=O)Nc2ccccc2C(=O)NCC(C)C)ccc1OC(C)C. The molecular formula is C24H30N2O4. The van der Waals surface area contributed by atoms with Gasteiger partial charge in [-0.3, -0.25) is 9.59 Å². The number of rotatable bonds is 9. The molecule has 6 heteroatoms. The van der Waals surface area contributed by atoms with Crippen molar-refractivity contribution in [1.29, 1.82) is 0 Å². The van der Waals surface area contributed by atoms with E-state index in [1.54, 1.807) is 43.5 Å². The molecule has 0 saturated carbocycles. The van der Waals surface area contributed by atoms with Crippen molar-refractivity contribution in [2.24, 2.45) is 5.92 Å². The summed E-state index contributed by atoms with van der Waals surface area (Å²) >= 11 is 0. The van der Waals surface area contributed by atoms with E-state index < -0.39 is 0 Å². The van der Waals surface area contributed by atoms with Crippen LogP contribution in [0, 0.1) is 5.92 Å². The molecule has 0 atom stereocenters. The average molecular weight is 411 g/mol. The van der Waals surface area contributed by atoms with Gasteiger partial charge in [-0.2, -0.15) is 0 Å². The molecular weight excluding hydrogens is 380 g/mol. The van der Waals surface area contributed by atoms with Crippen LogP contribution in [0.5, 0.6) is 11.5 Å². The summed E-state index contributed by atoms with van der Waals surface area (Å²) in [6.45, 7) is 8.50. The second-order valence-electron chi connectivity index (χ2n) is 7.55. The van der Waals surface area contributed by atoms with E-state index >= 15 is 0 Å². The van der Waals surface area contributed by atoms with E-state index in [2.05, 4.69) is 10.6 Å². The molecule has 2 rings (SSSR count). The molecule has 0 saturated heterocycles. The van der Waals surface area contributed by atoms with Crippen LogP contribution in [0.25, 0.3) is 6.08 Å². The number of methoxy groups -OCH3 is 1. The highest BCUT2D eigenvalue weighted by molar-refractivity contribution is 6.07. The van der Waals surface area contributed by atoms with E-state index in [-0.39, 0.29) is 17.9 Å². The third kappa shape index (κ3) is 6.95. The lowest BCUT2D eigenvalue weighted by Gasteiger charge is -2.13. The van der Waals surface area contributed by atoms with E-state index in [1.165, 1.54) is 6.08 Å². The molecule has 0 heterocycles. The molecule has 0 aliphatic rings. The number of para-hydroxylation sites is 1. The molecule has 0 aliphatic carbocycles. The highest BCUT2D eigenvalue weighted by Gasteiger charge is 2.12. The van der Waals surface area contributed by atoms with Gasteiger partial charge in [-0.1, -0.05) is 32.0 Å². The Hall–Kier alpha value is -3.28. The van der Waals surface area contributed by atoms with Crippen molar-refractivity contribution >= 4 is 23.6 Å². The number of hydrogen-bond acceptors (Lipinski definition) is 4. The van der Waals surface area contributed by atoms with E-state index in [0.717, 1.165) is 5.56 Å². The zero-order valence-electron chi connectivity index (χ0n) is 18.2. The highest BCUT2D eigenvalue weighted by atomic mass is 16.5. The summed E-state index contributed by atoms with van der Waals surface area (Å²) in [4.78, 5) is 24.8. The third-order valence-corrected chi connectivity index (χ3v) is 4.08. The number of carbonyl (C=O) groups is 2. The lowest BCUT2D eigenvalue weighted by atomic mass is 10.1. The molecule has 0 radical (unpaired) electrons. The maximum absolute atomic E-state index is 12.4. The Morgan fingerprint density at radius 3 is 2.43 bits per heavy atom. The number of anilines is 1. The second kappa shape index (κ2) is 11.0. The maximum atomic E-state index is 12.4. The predicted octanol–water partition coefficient (Wildman–Crippen LogP) is 4.52. The van der Waals surface area contributed by atoms with Gasteiger partial charge in [-0.25, -0.2) is 0 Å². The van der Waals surface area contributed by atoms with Crippen molar-refractivity contribution in [3.05, 3.63) is 59.7 Å². The summed E-state index contributed by atoms with van der Waals surface area (Å²) in [6.07, 6.45) is 3.13. The van der Waals surface area contributed by atoms with E-state index in [4.69, 9.17) is 9.47 Å². The van der Waals surface area contributed by atoms with Crippen molar-refractivity contribution in [3.8, 4) is 11.5 Å². The van der Waals surface area contributed by atoms with Crippen LogP contribution in [0.3, 0.4) is 0 Å². The standard InChI is InChI=1S/C24H30N2O4/c1-16(2)15-25-24(28)19-8-6-7-9-20(19)26-23(27)13-11-18-10-12-21(30-17(3)4)22(14-18)29-5/h6-14,16-17H,15H2,1-5H3,(H,25,28)(H,26,27)/b13-11+. The van der Waals surface area contributed by atoms with Crippen molar-refractivity contribution < 1.29 is 19.1 Å². The van der Waals surface area contributed by atoms with Crippen LogP contribution in [-0.2, 0) is 4.79 Å². The predicted molar refractivity (Wildman–Crippen MR) is 120 cm³/mol. The molecule has 0 spiro atoms. The van der Waals surface area contributed by atoms with Crippen LogP contribution in [-0.4, -0.2) is 31.6 Å². The first kappa shape index (κ1) is 23.0.